The number of methoxy groups -OCH3 is 1. The van der Waals surface area contributed by atoms with Crippen LogP contribution < -0.4 is 15.4 Å². The third-order valence-electron chi connectivity index (χ3n) is 2.41. The van der Waals surface area contributed by atoms with Gasteiger partial charge < -0.3 is 20.5 Å². The molecule has 0 aromatic heterocycles. The van der Waals surface area contributed by atoms with Gasteiger partial charge in [0.2, 0.25) is 0 Å². The Kier molecular flexibility index (Phi) is 4.53. The van der Waals surface area contributed by atoms with Crippen molar-refractivity contribution in [2.24, 2.45) is 0 Å². The summed E-state index contributed by atoms with van der Waals surface area (Å²) in [6.07, 6.45) is 0. The minimum atomic E-state index is -1.09. The number of carbonyl (C=O) groups excluding carboxylic acids is 1. The summed E-state index contributed by atoms with van der Waals surface area (Å²) in [6.45, 7) is 3.22. The highest BCUT2D eigenvalue weighted by Gasteiger charge is 2.14. The Bertz CT molecular complexity index is 459. The van der Waals surface area contributed by atoms with Gasteiger partial charge in [-0.1, -0.05) is 6.07 Å². The molecule has 0 aliphatic carbocycles. The van der Waals surface area contributed by atoms with Crippen LogP contribution in [0.4, 0.5) is 10.5 Å². The zero-order chi connectivity index (χ0) is 13.7. The zero-order valence-corrected chi connectivity index (χ0v) is 10.5. The molecule has 1 atom stereocenters. The SMILES string of the molecule is COc1ccc(C)c(NC(=O)N[C@H](C)C(=O)O)c1. The number of hydrogen-bond acceptors (Lipinski definition) is 3. The van der Waals surface area contributed by atoms with E-state index in [1.54, 1.807) is 18.2 Å². The Hall–Kier alpha value is -2.24. The smallest absolute Gasteiger partial charge is 0.325 e. The number of nitrogens with one attached hydrogen (secondary N) is 2. The first-order valence-corrected chi connectivity index (χ1v) is 5.39. The van der Waals surface area contributed by atoms with Crippen LogP contribution in [0.15, 0.2) is 18.2 Å². The van der Waals surface area contributed by atoms with Gasteiger partial charge in [0.05, 0.1) is 7.11 Å². The highest BCUT2D eigenvalue weighted by atomic mass is 16.5. The van der Waals surface area contributed by atoms with E-state index in [0.717, 1.165) is 5.56 Å². The Morgan fingerprint density at radius 2 is 2.06 bits per heavy atom. The van der Waals surface area contributed by atoms with E-state index in [1.807, 2.05) is 6.92 Å². The third-order valence-corrected chi connectivity index (χ3v) is 2.41. The molecule has 0 fully saturated rings. The number of aryl methyl sites for hydroxylation is 1. The lowest BCUT2D eigenvalue weighted by Gasteiger charge is -2.13. The second-order valence-corrected chi connectivity index (χ2v) is 3.84. The number of benzene rings is 1. The lowest BCUT2D eigenvalue weighted by atomic mass is 10.2. The van der Waals surface area contributed by atoms with E-state index in [9.17, 15) is 9.59 Å². The molecule has 3 N–H and O–H groups in total. The number of ether oxygens (including phenoxy) is 1. The standard InChI is InChI=1S/C12H16N2O4/c1-7-4-5-9(18-3)6-10(7)14-12(17)13-8(2)11(15)16/h4-6,8H,1-3H3,(H,15,16)(H2,13,14,17)/t8-/m1/s1. The Labute approximate surface area is 105 Å². The molecule has 0 bridgehead atoms. The average Bonchev–Trinajstić information content (AvgIpc) is 2.31. The molecule has 0 saturated carbocycles. The van der Waals surface area contributed by atoms with Gasteiger partial charge in [-0.3, -0.25) is 4.79 Å². The van der Waals surface area contributed by atoms with Gasteiger partial charge in [-0.05, 0) is 25.5 Å². The Balaban J connectivity index is 2.72. The third kappa shape index (κ3) is 3.65. The summed E-state index contributed by atoms with van der Waals surface area (Å²) in [4.78, 5) is 22.1. The minimum Gasteiger partial charge on any atom is -0.497 e. The monoisotopic (exact) mass is 252 g/mol. The maximum atomic E-state index is 11.6. The highest BCUT2D eigenvalue weighted by molar-refractivity contribution is 5.92. The Morgan fingerprint density at radius 3 is 2.61 bits per heavy atom. The highest BCUT2D eigenvalue weighted by Crippen LogP contribution is 2.21. The van der Waals surface area contributed by atoms with Crippen molar-refractivity contribution >= 4 is 17.7 Å². The first-order valence-electron chi connectivity index (χ1n) is 5.39. The molecule has 0 aliphatic heterocycles. The van der Waals surface area contributed by atoms with Crippen LogP contribution in [0.3, 0.4) is 0 Å². The molecule has 18 heavy (non-hydrogen) atoms. The predicted octanol–water partition coefficient (Wildman–Crippen LogP) is 1.60. The number of carboxylic acid groups (broad SMARTS) is 1. The molecular weight excluding hydrogens is 236 g/mol. The number of carboxylic acids is 1. The van der Waals surface area contributed by atoms with Gasteiger partial charge in [0.1, 0.15) is 11.8 Å². The van der Waals surface area contributed by atoms with E-state index in [4.69, 9.17) is 9.84 Å². The van der Waals surface area contributed by atoms with E-state index in [-0.39, 0.29) is 0 Å². The molecule has 0 radical (unpaired) electrons. The van der Waals surface area contributed by atoms with Crippen LogP contribution >= 0.6 is 0 Å². The van der Waals surface area contributed by atoms with Crippen molar-refractivity contribution in [3.63, 3.8) is 0 Å². The number of urea groups is 1. The van der Waals surface area contributed by atoms with E-state index >= 15 is 0 Å². The molecule has 0 unspecified atom stereocenters. The van der Waals surface area contributed by atoms with E-state index in [2.05, 4.69) is 10.6 Å². The summed E-state index contributed by atoms with van der Waals surface area (Å²) in [6, 6.07) is 3.73. The maximum absolute atomic E-state index is 11.6. The quantitative estimate of drug-likeness (QED) is 0.759. The molecule has 0 saturated heterocycles. The van der Waals surface area contributed by atoms with Gasteiger partial charge in [0, 0.05) is 11.8 Å². The molecule has 6 heteroatoms. The molecule has 6 nitrogen and oxygen atoms in total. The fourth-order valence-electron chi connectivity index (χ4n) is 1.28. The van der Waals surface area contributed by atoms with Crippen LogP contribution in [0.1, 0.15) is 12.5 Å². The summed E-state index contributed by atoms with van der Waals surface area (Å²) >= 11 is 0. The fourth-order valence-corrected chi connectivity index (χ4v) is 1.28. The summed E-state index contributed by atoms with van der Waals surface area (Å²) in [5, 5.41) is 13.6. The van der Waals surface area contributed by atoms with Crippen molar-refractivity contribution in [1.82, 2.24) is 5.32 Å². The summed E-state index contributed by atoms with van der Waals surface area (Å²) in [5.74, 6) is -0.477. The molecule has 0 heterocycles. The zero-order valence-electron chi connectivity index (χ0n) is 10.5. The minimum absolute atomic E-state index is 0.568. The number of carbonyl (C=O) groups is 2. The van der Waals surface area contributed by atoms with Crippen molar-refractivity contribution in [2.45, 2.75) is 19.9 Å². The second kappa shape index (κ2) is 5.90. The molecule has 1 rings (SSSR count). The van der Waals surface area contributed by atoms with Crippen molar-refractivity contribution in [3.8, 4) is 5.75 Å². The largest absolute Gasteiger partial charge is 0.497 e. The lowest BCUT2D eigenvalue weighted by molar-refractivity contribution is -0.138. The number of amides is 2. The molecule has 1 aromatic rings. The van der Waals surface area contributed by atoms with Crippen molar-refractivity contribution in [2.75, 3.05) is 12.4 Å². The maximum Gasteiger partial charge on any atom is 0.325 e. The van der Waals surface area contributed by atoms with E-state index in [1.165, 1.54) is 14.0 Å². The van der Waals surface area contributed by atoms with Gasteiger partial charge >= 0.3 is 12.0 Å². The van der Waals surface area contributed by atoms with Crippen LogP contribution in [0, 0.1) is 6.92 Å². The van der Waals surface area contributed by atoms with E-state index in [0.29, 0.717) is 11.4 Å². The van der Waals surface area contributed by atoms with E-state index < -0.39 is 18.0 Å². The molecule has 0 aliphatic rings. The van der Waals surface area contributed by atoms with Crippen molar-refractivity contribution in [3.05, 3.63) is 23.8 Å². The van der Waals surface area contributed by atoms with Crippen LogP contribution in [-0.4, -0.2) is 30.3 Å². The predicted molar refractivity (Wildman–Crippen MR) is 67.0 cm³/mol. The normalized spacial score (nSPS) is 11.5. The fraction of sp³-hybridized carbons (Fsp3) is 0.333. The van der Waals surface area contributed by atoms with Gasteiger partial charge in [-0.15, -0.1) is 0 Å². The molecule has 1 aromatic carbocycles. The van der Waals surface area contributed by atoms with Crippen LogP contribution in [0.2, 0.25) is 0 Å². The topological polar surface area (TPSA) is 87.7 Å². The molecule has 2 amide bonds. The summed E-state index contributed by atoms with van der Waals surface area (Å²) in [5.41, 5.74) is 1.43. The van der Waals surface area contributed by atoms with Crippen molar-refractivity contribution < 1.29 is 19.4 Å². The number of aliphatic carboxylic acids is 1. The van der Waals surface area contributed by atoms with Gasteiger partial charge in [-0.2, -0.15) is 0 Å². The first-order chi connectivity index (χ1) is 8.43. The van der Waals surface area contributed by atoms with Gasteiger partial charge in [-0.25, -0.2) is 4.79 Å². The van der Waals surface area contributed by atoms with Gasteiger partial charge in [0.25, 0.3) is 0 Å². The lowest BCUT2D eigenvalue weighted by Crippen LogP contribution is -2.40. The van der Waals surface area contributed by atoms with Crippen LogP contribution in [0.5, 0.6) is 5.75 Å². The van der Waals surface area contributed by atoms with Crippen LogP contribution in [0.25, 0.3) is 0 Å². The molecule has 98 valence electrons. The van der Waals surface area contributed by atoms with Crippen LogP contribution in [-0.2, 0) is 4.79 Å². The second-order valence-electron chi connectivity index (χ2n) is 3.84. The number of anilines is 1. The summed E-state index contributed by atoms with van der Waals surface area (Å²) < 4.78 is 5.04. The number of rotatable bonds is 4. The van der Waals surface area contributed by atoms with Gasteiger partial charge in [0.15, 0.2) is 0 Å². The first kappa shape index (κ1) is 13.8. The molecular formula is C12H16N2O4. The average molecular weight is 252 g/mol. The summed E-state index contributed by atoms with van der Waals surface area (Å²) in [7, 11) is 1.53. The Morgan fingerprint density at radius 1 is 1.39 bits per heavy atom. The molecule has 0 spiro atoms. The number of hydrogen-bond donors (Lipinski definition) is 3. The van der Waals surface area contributed by atoms with Crippen molar-refractivity contribution in [1.29, 1.82) is 0 Å².